The summed E-state index contributed by atoms with van der Waals surface area (Å²) in [6.45, 7) is 2.53. The number of phenolic OH excluding ortho intramolecular Hbond substituents is 1. The molecule has 2 aliphatic rings. The first kappa shape index (κ1) is 18.7. The molecule has 0 saturated carbocycles. The second-order valence-electron chi connectivity index (χ2n) is 7.78. The van der Waals surface area contributed by atoms with Crippen LogP contribution in [-0.2, 0) is 19.4 Å². The second kappa shape index (κ2) is 8.14. The molecule has 1 aromatic carbocycles. The van der Waals surface area contributed by atoms with E-state index in [9.17, 15) is 9.90 Å². The molecule has 1 aromatic heterocycles. The molecule has 2 heterocycles. The Bertz CT molecular complexity index is 870. The van der Waals surface area contributed by atoms with Crippen LogP contribution in [0.25, 0.3) is 0 Å². The third-order valence-electron chi connectivity index (χ3n) is 5.57. The molecule has 1 amide bonds. The number of carbonyl (C=O) groups is 1. The third-order valence-corrected chi connectivity index (χ3v) is 5.57. The predicted molar refractivity (Wildman–Crippen MR) is 107 cm³/mol. The fourth-order valence-electron chi connectivity index (χ4n) is 4.28. The second-order valence-corrected chi connectivity index (χ2v) is 7.78. The zero-order chi connectivity index (χ0) is 19.5. The maximum absolute atomic E-state index is 12.9. The first-order chi connectivity index (χ1) is 13.6. The van der Waals surface area contributed by atoms with Crippen molar-refractivity contribution in [2.24, 2.45) is 0 Å². The Morgan fingerprint density at radius 3 is 2.96 bits per heavy atom. The number of aromatic hydroxyl groups is 1. The van der Waals surface area contributed by atoms with Gasteiger partial charge >= 0.3 is 0 Å². The highest BCUT2D eigenvalue weighted by Crippen LogP contribution is 2.23. The molecule has 1 saturated heterocycles. The summed E-state index contributed by atoms with van der Waals surface area (Å²) in [6, 6.07) is 7.41. The summed E-state index contributed by atoms with van der Waals surface area (Å²) < 4.78 is 0. The minimum Gasteiger partial charge on any atom is -0.508 e. The van der Waals surface area contributed by atoms with Crippen molar-refractivity contribution in [1.82, 2.24) is 20.2 Å². The van der Waals surface area contributed by atoms with E-state index < -0.39 is 0 Å². The first-order valence-electron chi connectivity index (χ1n) is 10.0. The zero-order valence-corrected chi connectivity index (χ0v) is 16.0. The van der Waals surface area contributed by atoms with Crippen LogP contribution in [0.2, 0.25) is 0 Å². The Balaban J connectivity index is 1.43. The summed E-state index contributed by atoms with van der Waals surface area (Å²) in [5, 5.41) is 12.8. The molecule has 0 radical (unpaired) electrons. The number of phenols is 1. The topological polar surface area (TPSA) is 104 Å². The van der Waals surface area contributed by atoms with Gasteiger partial charge in [0.1, 0.15) is 11.4 Å². The van der Waals surface area contributed by atoms with Crippen molar-refractivity contribution in [1.29, 1.82) is 0 Å². The molecular formula is C21H27N5O2. The predicted octanol–water partition coefficient (Wildman–Crippen LogP) is 2.04. The number of nitrogens with two attached hydrogens (primary N) is 1. The average molecular weight is 381 g/mol. The molecule has 0 bridgehead atoms. The maximum Gasteiger partial charge on any atom is 0.270 e. The van der Waals surface area contributed by atoms with Gasteiger partial charge < -0.3 is 16.2 Å². The number of benzene rings is 1. The van der Waals surface area contributed by atoms with Gasteiger partial charge in [0, 0.05) is 30.4 Å². The Kier molecular flexibility index (Phi) is 5.43. The number of rotatable bonds is 4. The summed E-state index contributed by atoms with van der Waals surface area (Å²) >= 11 is 0. The fourth-order valence-corrected chi connectivity index (χ4v) is 4.28. The monoisotopic (exact) mass is 381 g/mol. The summed E-state index contributed by atoms with van der Waals surface area (Å²) in [6.07, 6.45) is 5.81. The highest BCUT2D eigenvalue weighted by atomic mass is 16.3. The number of fused-ring (bicyclic) bond motifs is 1. The number of anilines is 1. The molecule has 7 nitrogen and oxygen atoms in total. The van der Waals surface area contributed by atoms with Gasteiger partial charge in [-0.1, -0.05) is 12.1 Å². The van der Waals surface area contributed by atoms with Crippen molar-refractivity contribution >= 4 is 11.9 Å². The van der Waals surface area contributed by atoms with Crippen LogP contribution in [0.5, 0.6) is 5.75 Å². The van der Waals surface area contributed by atoms with E-state index in [1.54, 1.807) is 12.1 Å². The van der Waals surface area contributed by atoms with Gasteiger partial charge in [0.25, 0.3) is 5.91 Å². The normalized spacial score (nSPS) is 19.8. The van der Waals surface area contributed by atoms with Gasteiger partial charge in [0.05, 0.1) is 0 Å². The zero-order valence-electron chi connectivity index (χ0n) is 16.0. The number of amides is 1. The lowest BCUT2D eigenvalue weighted by Gasteiger charge is -2.33. The molecule has 28 heavy (non-hydrogen) atoms. The smallest absolute Gasteiger partial charge is 0.270 e. The van der Waals surface area contributed by atoms with E-state index in [0.29, 0.717) is 5.69 Å². The largest absolute Gasteiger partial charge is 0.508 e. The summed E-state index contributed by atoms with van der Waals surface area (Å²) in [4.78, 5) is 23.8. The number of likely N-dealkylation sites (tertiary alicyclic amines) is 1. The van der Waals surface area contributed by atoms with Crippen LogP contribution in [-0.4, -0.2) is 45.0 Å². The van der Waals surface area contributed by atoms with Crippen molar-refractivity contribution in [3.8, 4) is 5.75 Å². The van der Waals surface area contributed by atoms with E-state index in [2.05, 4.69) is 20.2 Å². The van der Waals surface area contributed by atoms with Gasteiger partial charge in [0.15, 0.2) is 0 Å². The van der Waals surface area contributed by atoms with Crippen molar-refractivity contribution in [3.05, 3.63) is 46.8 Å². The molecule has 1 aliphatic carbocycles. The van der Waals surface area contributed by atoms with E-state index in [0.717, 1.165) is 75.0 Å². The minimum absolute atomic E-state index is 0.0778. The molecule has 2 aromatic rings. The number of nitrogens with zero attached hydrogens (tertiary/aromatic N) is 3. The van der Waals surface area contributed by atoms with E-state index in [1.165, 1.54) is 0 Å². The third kappa shape index (κ3) is 4.25. The van der Waals surface area contributed by atoms with Crippen molar-refractivity contribution in [2.75, 3.05) is 18.8 Å². The van der Waals surface area contributed by atoms with Gasteiger partial charge in [-0.3, -0.25) is 9.69 Å². The quantitative estimate of drug-likeness (QED) is 0.749. The molecule has 0 spiro atoms. The molecule has 7 heteroatoms. The highest BCUT2D eigenvalue weighted by Gasteiger charge is 2.26. The van der Waals surface area contributed by atoms with Gasteiger partial charge in [-0.2, -0.15) is 0 Å². The standard InChI is InChI=1S/C21H27N5O2/c22-21-24-18-9-2-1-8-17(18)19(25-21)20(28)23-15-6-4-10-26(13-15)12-14-5-3-7-16(27)11-14/h3,5,7,11,15,27H,1-2,4,6,8-10,12-13H2,(H,23,28)(H2,22,24,25)/t15-/m0/s1. The average Bonchev–Trinajstić information content (AvgIpc) is 2.67. The van der Waals surface area contributed by atoms with Crippen molar-refractivity contribution in [3.63, 3.8) is 0 Å². The van der Waals surface area contributed by atoms with Crippen LogP contribution in [0.3, 0.4) is 0 Å². The van der Waals surface area contributed by atoms with Crippen molar-refractivity contribution < 1.29 is 9.90 Å². The SMILES string of the molecule is Nc1nc2c(c(C(=O)N[C@H]3CCCN(Cc4cccc(O)c4)C3)n1)CCCC2. The number of carbonyl (C=O) groups excluding carboxylic acids is 1. The molecule has 4 N–H and O–H groups in total. The lowest BCUT2D eigenvalue weighted by atomic mass is 9.94. The first-order valence-corrected chi connectivity index (χ1v) is 10.0. The molecule has 1 aliphatic heterocycles. The van der Waals surface area contributed by atoms with Crippen LogP contribution in [0.15, 0.2) is 24.3 Å². The van der Waals surface area contributed by atoms with Crippen LogP contribution < -0.4 is 11.1 Å². The lowest BCUT2D eigenvalue weighted by Crippen LogP contribution is -2.47. The number of aromatic nitrogens is 2. The number of hydrogen-bond donors (Lipinski definition) is 3. The Morgan fingerprint density at radius 1 is 1.25 bits per heavy atom. The minimum atomic E-state index is -0.142. The highest BCUT2D eigenvalue weighted by molar-refractivity contribution is 5.94. The molecular weight excluding hydrogens is 354 g/mol. The van der Waals surface area contributed by atoms with Crippen LogP contribution in [0.4, 0.5) is 5.95 Å². The van der Waals surface area contributed by atoms with E-state index in [4.69, 9.17) is 5.73 Å². The summed E-state index contributed by atoms with van der Waals surface area (Å²) in [7, 11) is 0. The van der Waals surface area contributed by atoms with E-state index >= 15 is 0 Å². The number of piperidine rings is 1. The Morgan fingerprint density at radius 2 is 2.11 bits per heavy atom. The Hall–Kier alpha value is -2.67. The molecule has 1 fully saturated rings. The number of nitrogens with one attached hydrogen (secondary N) is 1. The number of nitrogen functional groups attached to an aromatic ring is 1. The van der Waals surface area contributed by atoms with Gasteiger partial charge in [0.2, 0.25) is 5.95 Å². The number of aryl methyl sites for hydroxylation is 1. The Labute approximate surface area is 165 Å². The molecule has 148 valence electrons. The van der Waals surface area contributed by atoms with Gasteiger partial charge in [-0.15, -0.1) is 0 Å². The van der Waals surface area contributed by atoms with Gasteiger partial charge in [-0.25, -0.2) is 9.97 Å². The summed E-state index contributed by atoms with van der Waals surface area (Å²) in [5.41, 5.74) is 9.26. The van der Waals surface area contributed by atoms with Crippen LogP contribution >= 0.6 is 0 Å². The summed E-state index contributed by atoms with van der Waals surface area (Å²) in [5.74, 6) is 0.321. The maximum atomic E-state index is 12.9. The van der Waals surface area contributed by atoms with Crippen LogP contribution in [0, 0.1) is 0 Å². The van der Waals surface area contributed by atoms with Gasteiger partial charge in [-0.05, 0) is 62.8 Å². The van der Waals surface area contributed by atoms with E-state index in [1.807, 2.05) is 12.1 Å². The van der Waals surface area contributed by atoms with Crippen LogP contribution in [0.1, 0.15) is 53.0 Å². The molecule has 4 rings (SSSR count). The van der Waals surface area contributed by atoms with E-state index in [-0.39, 0.29) is 23.6 Å². The molecule has 1 atom stereocenters. The fraction of sp³-hybridized carbons (Fsp3) is 0.476. The molecule has 0 unspecified atom stereocenters. The van der Waals surface area contributed by atoms with Crippen molar-refractivity contribution in [2.45, 2.75) is 51.1 Å². The lowest BCUT2D eigenvalue weighted by molar-refractivity contribution is 0.0894. The number of hydrogen-bond acceptors (Lipinski definition) is 6.